The molecule has 33 heavy (non-hydrogen) atoms. The van der Waals surface area contributed by atoms with Crippen LogP contribution in [0.3, 0.4) is 0 Å². The molecule has 4 rings (SSSR count). The van der Waals surface area contributed by atoms with Crippen molar-refractivity contribution in [2.24, 2.45) is 0 Å². The van der Waals surface area contributed by atoms with Crippen LogP contribution in [0.15, 0.2) is 59.1 Å². The van der Waals surface area contributed by atoms with Gasteiger partial charge in [-0.05, 0) is 47.3 Å². The number of nitro groups is 1. The normalized spacial score (nSPS) is 13.6. The molecule has 3 aromatic carbocycles. The van der Waals surface area contributed by atoms with Gasteiger partial charge in [0.2, 0.25) is 0 Å². The van der Waals surface area contributed by atoms with Crippen molar-refractivity contribution in [2.45, 2.75) is 0 Å². The van der Waals surface area contributed by atoms with Gasteiger partial charge in [0, 0.05) is 36.2 Å². The Kier molecular flexibility index (Phi) is 6.75. The van der Waals surface area contributed by atoms with Gasteiger partial charge in [0.05, 0.1) is 18.1 Å². The standard InChI is InChI=1S/C23H21BrN4O4S/c1-32-15-8-9-20(21(14-15)28(30)31)26-10-12-27(13-11-26)23(33)25-22(29)18-6-2-5-17-16(18)4-3-7-19(17)24/h2-9,14H,10-13H2,1H3,(H,25,29,33). The topological polar surface area (TPSA) is 88.0 Å². The molecule has 0 unspecified atom stereocenters. The van der Waals surface area contributed by atoms with Gasteiger partial charge in [-0.15, -0.1) is 0 Å². The molecule has 10 heteroatoms. The Morgan fingerprint density at radius 1 is 1.09 bits per heavy atom. The van der Waals surface area contributed by atoms with Gasteiger partial charge in [-0.2, -0.15) is 0 Å². The number of amides is 1. The molecular formula is C23H21BrN4O4S. The average molecular weight is 529 g/mol. The van der Waals surface area contributed by atoms with Crippen LogP contribution < -0.4 is 15.0 Å². The maximum atomic E-state index is 13.0. The lowest BCUT2D eigenvalue weighted by Crippen LogP contribution is -2.52. The molecule has 0 aromatic heterocycles. The Bertz CT molecular complexity index is 1240. The third kappa shape index (κ3) is 4.76. The van der Waals surface area contributed by atoms with Gasteiger partial charge in [0.1, 0.15) is 11.4 Å². The fourth-order valence-electron chi connectivity index (χ4n) is 3.91. The van der Waals surface area contributed by atoms with E-state index in [0.29, 0.717) is 48.3 Å². The van der Waals surface area contributed by atoms with E-state index in [-0.39, 0.29) is 11.6 Å². The number of fused-ring (bicyclic) bond motifs is 1. The van der Waals surface area contributed by atoms with Crippen molar-refractivity contribution in [3.8, 4) is 5.75 Å². The summed E-state index contributed by atoms with van der Waals surface area (Å²) in [6.45, 7) is 2.13. The molecule has 1 fully saturated rings. The average Bonchev–Trinajstić information content (AvgIpc) is 2.83. The van der Waals surface area contributed by atoms with Gasteiger partial charge < -0.3 is 14.5 Å². The van der Waals surface area contributed by atoms with Crippen LogP contribution >= 0.6 is 28.1 Å². The number of nitrogens with one attached hydrogen (secondary N) is 1. The molecule has 8 nitrogen and oxygen atoms in total. The maximum absolute atomic E-state index is 13.0. The minimum absolute atomic E-state index is 0.000737. The van der Waals surface area contributed by atoms with Crippen LogP contribution in [-0.4, -0.2) is 54.1 Å². The van der Waals surface area contributed by atoms with Gasteiger partial charge in [-0.3, -0.25) is 20.2 Å². The monoisotopic (exact) mass is 528 g/mol. The van der Waals surface area contributed by atoms with E-state index in [1.54, 1.807) is 18.2 Å². The van der Waals surface area contributed by atoms with Gasteiger partial charge >= 0.3 is 0 Å². The first-order valence-electron chi connectivity index (χ1n) is 10.2. The molecule has 0 aliphatic carbocycles. The number of halogens is 1. The third-order valence-corrected chi connectivity index (χ3v) is 6.67. The molecule has 3 aromatic rings. The van der Waals surface area contributed by atoms with E-state index >= 15 is 0 Å². The number of nitro benzene ring substituents is 1. The van der Waals surface area contributed by atoms with E-state index in [2.05, 4.69) is 21.2 Å². The highest BCUT2D eigenvalue weighted by molar-refractivity contribution is 9.10. The van der Waals surface area contributed by atoms with Crippen LogP contribution in [0.4, 0.5) is 11.4 Å². The van der Waals surface area contributed by atoms with Crippen molar-refractivity contribution < 1.29 is 14.5 Å². The van der Waals surface area contributed by atoms with E-state index in [9.17, 15) is 14.9 Å². The number of benzene rings is 3. The second-order valence-electron chi connectivity index (χ2n) is 7.49. The van der Waals surface area contributed by atoms with Crippen molar-refractivity contribution >= 4 is 61.3 Å². The van der Waals surface area contributed by atoms with Crippen molar-refractivity contribution in [1.82, 2.24) is 10.2 Å². The number of thiocarbonyl (C=S) groups is 1. The number of nitrogens with zero attached hydrogens (tertiary/aromatic N) is 3. The van der Waals surface area contributed by atoms with Crippen molar-refractivity contribution in [2.75, 3.05) is 38.2 Å². The van der Waals surface area contributed by atoms with Gasteiger partial charge in [0.25, 0.3) is 11.6 Å². The van der Waals surface area contributed by atoms with E-state index in [1.807, 2.05) is 40.1 Å². The molecule has 1 heterocycles. The molecule has 0 saturated carbocycles. The van der Waals surface area contributed by atoms with Crippen LogP contribution in [0.5, 0.6) is 5.75 Å². The number of hydrogen-bond acceptors (Lipinski definition) is 6. The lowest BCUT2D eigenvalue weighted by Gasteiger charge is -2.37. The van der Waals surface area contributed by atoms with Gasteiger partial charge in [0.15, 0.2) is 5.11 Å². The fraction of sp³-hybridized carbons (Fsp3) is 0.217. The first kappa shape index (κ1) is 22.9. The van der Waals surface area contributed by atoms with Crippen LogP contribution in [-0.2, 0) is 0 Å². The number of rotatable bonds is 4. The fourth-order valence-corrected chi connectivity index (χ4v) is 4.68. The predicted octanol–water partition coefficient (Wildman–Crippen LogP) is 4.36. The Labute approximate surface area is 204 Å². The number of ether oxygens (including phenoxy) is 1. The smallest absolute Gasteiger partial charge is 0.296 e. The molecule has 170 valence electrons. The third-order valence-electron chi connectivity index (χ3n) is 5.62. The number of carbonyl (C=O) groups is 1. The second kappa shape index (κ2) is 9.72. The molecule has 1 aliphatic rings. The lowest BCUT2D eigenvalue weighted by atomic mass is 10.0. The van der Waals surface area contributed by atoms with E-state index in [4.69, 9.17) is 17.0 Å². The summed E-state index contributed by atoms with van der Waals surface area (Å²) < 4.78 is 6.03. The summed E-state index contributed by atoms with van der Waals surface area (Å²) in [6.07, 6.45) is 0. The van der Waals surface area contributed by atoms with Crippen LogP contribution in [0.2, 0.25) is 0 Å². The van der Waals surface area contributed by atoms with Crippen molar-refractivity contribution in [3.63, 3.8) is 0 Å². The van der Waals surface area contributed by atoms with Crippen molar-refractivity contribution in [3.05, 3.63) is 74.7 Å². The quantitative estimate of drug-likeness (QED) is 0.305. The Balaban J connectivity index is 1.43. The van der Waals surface area contributed by atoms with Gasteiger partial charge in [-0.25, -0.2) is 0 Å². The number of carbonyl (C=O) groups excluding carboxylic acids is 1. The molecule has 1 amide bonds. The zero-order valence-electron chi connectivity index (χ0n) is 17.8. The number of piperazine rings is 1. The lowest BCUT2D eigenvalue weighted by molar-refractivity contribution is -0.384. The molecule has 0 bridgehead atoms. The van der Waals surface area contributed by atoms with E-state index in [1.165, 1.54) is 13.2 Å². The molecule has 1 saturated heterocycles. The Morgan fingerprint density at radius 2 is 1.79 bits per heavy atom. The van der Waals surface area contributed by atoms with Gasteiger partial charge in [-0.1, -0.05) is 40.2 Å². The number of anilines is 1. The summed E-state index contributed by atoms with van der Waals surface area (Å²) in [4.78, 5) is 27.9. The highest BCUT2D eigenvalue weighted by Crippen LogP contribution is 2.32. The van der Waals surface area contributed by atoms with Crippen LogP contribution in [0, 0.1) is 10.1 Å². The number of methoxy groups -OCH3 is 1. The molecule has 1 N–H and O–H groups in total. The zero-order chi connectivity index (χ0) is 23.5. The highest BCUT2D eigenvalue weighted by Gasteiger charge is 2.26. The van der Waals surface area contributed by atoms with Crippen LogP contribution in [0.25, 0.3) is 10.8 Å². The highest BCUT2D eigenvalue weighted by atomic mass is 79.9. The Morgan fingerprint density at radius 3 is 2.48 bits per heavy atom. The van der Waals surface area contributed by atoms with Crippen molar-refractivity contribution in [1.29, 1.82) is 0 Å². The predicted molar refractivity (Wildman–Crippen MR) is 135 cm³/mol. The molecule has 1 aliphatic heterocycles. The summed E-state index contributed by atoms with van der Waals surface area (Å²) in [5.41, 5.74) is 1.08. The Hall–Kier alpha value is -3.24. The minimum Gasteiger partial charge on any atom is -0.496 e. The first-order valence-corrected chi connectivity index (χ1v) is 11.4. The molecule has 0 atom stereocenters. The van der Waals surface area contributed by atoms with Crippen LogP contribution in [0.1, 0.15) is 10.4 Å². The summed E-state index contributed by atoms with van der Waals surface area (Å²) in [6, 6.07) is 16.1. The SMILES string of the molecule is COc1ccc(N2CCN(C(=S)NC(=O)c3cccc4c(Br)cccc34)CC2)c([N+](=O)[O-])c1. The molecule has 0 radical (unpaired) electrons. The maximum Gasteiger partial charge on any atom is 0.296 e. The molecule has 0 spiro atoms. The summed E-state index contributed by atoms with van der Waals surface area (Å²) in [5.74, 6) is 0.172. The van der Waals surface area contributed by atoms with E-state index < -0.39 is 4.92 Å². The molecular weight excluding hydrogens is 508 g/mol. The number of hydrogen-bond donors (Lipinski definition) is 1. The summed E-state index contributed by atoms with van der Waals surface area (Å²) >= 11 is 9.02. The minimum atomic E-state index is -0.405. The summed E-state index contributed by atoms with van der Waals surface area (Å²) in [5, 5.41) is 16.5. The summed E-state index contributed by atoms with van der Waals surface area (Å²) in [7, 11) is 1.48. The first-order chi connectivity index (χ1) is 15.9. The zero-order valence-corrected chi connectivity index (χ0v) is 20.2. The second-order valence-corrected chi connectivity index (χ2v) is 8.73. The largest absolute Gasteiger partial charge is 0.496 e. The van der Waals surface area contributed by atoms with E-state index in [0.717, 1.165) is 15.2 Å².